The van der Waals surface area contributed by atoms with E-state index in [-0.39, 0.29) is 12.3 Å². The number of methoxy groups -OCH3 is 1. The number of hydrogen-bond donors (Lipinski definition) is 0. The van der Waals surface area contributed by atoms with Crippen LogP contribution in [0.15, 0.2) is 35.3 Å². The van der Waals surface area contributed by atoms with Crippen LogP contribution in [-0.2, 0) is 18.3 Å². The van der Waals surface area contributed by atoms with Gasteiger partial charge in [0.15, 0.2) is 4.80 Å². The number of amides is 1. The van der Waals surface area contributed by atoms with Gasteiger partial charge in [0, 0.05) is 12.6 Å². The Kier molecular flexibility index (Phi) is 4.77. The van der Waals surface area contributed by atoms with Gasteiger partial charge in [0.05, 0.1) is 23.7 Å². The summed E-state index contributed by atoms with van der Waals surface area (Å²) in [6.07, 6.45) is 0.233. The Morgan fingerprint density at radius 1 is 1.16 bits per heavy atom. The van der Waals surface area contributed by atoms with Crippen LogP contribution in [0.2, 0.25) is 0 Å². The molecule has 0 bridgehead atoms. The molecule has 3 rings (SSSR count). The third-order valence-corrected chi connectivity index (χ3v) is 5.52. The van der Waals surface area contributed by atoms with Gasteiger partial charge in [-0.05, 0) is 44.0 Å². The minimum absolute atomic E-state index is 0.166. The first-order valence-electron chi connectivity index (χ1n) is 8.17. The molecule has 1 amide bonds. The fourth-order valence-corrected chi connectivity index (χ4v) is 4.11. The molecule has 1 aromatic heterocycles. The molecule has 0 unspecified atom stereocenters. The van der Waals surface area contributed by atoms with Crippen LogP contribution < -0.4 is 9.54 Å². The number of fused-ring (bicyclic) bond motifs is 1. The molecular weight excluding hydrogens is 332 g/mol. The van der Waals surface area contributed by atoms with E-state index in [9.17, 15) is 4.79 Å². The van der Waals surface area contributed by atoms with Crippen molar-refractivity contribution < 1.29 is 9.53 Å². The van der Waals surface area contributed by atoms with Crippen LogP contribution >= 0.6 is 11.3 Å². The summed E-state index contributed by atoms with van der Waals surface area (Å²) in [6, 6.07) is 10.1. The number of thiazole rings is 1. The maximum atomic E-state index is 12.5. The second-order valence-electron chi connectivity index (χ2n) is 6.37. The highest BCUT2D eigenvalue weighted by Crippen LogP contribution is 2.23. The largest absolute Gasteiger partial charge is 0.496 e. The molecule has 0 saturated heterocycles. The number of aromatic nitrogens is 1. The number of rotatable bonds is 3. The van der Waals surface area contributed by atoms with Crippen LogP contribution in [0.5, 0.6) is 5.75 Å². The minimum Gasteiger partial charge on any atom is -0.496 e. The Hall–Kier alpha value is -2.40. The lowest BCUT2D eigenvalue weighted by molar-refractivity contribution is -0.117. The summed E-state index contributed by atoms with van der Waals surface area (Å²) in [4.78, 5) is 17.6. The number of benzene rings is 2. The molecule has 0 N–H and O–H groups in total. The van der Waals surface area contributed by atoms with Crippen LogP contribution in [-0.4, -0.2) is 17.6 Å². The average molecular weight is 354 g/mol. The minimum atomic E-state index is -0.166. The van der Waals surface area contributed by atoms with E-state index < -0.39 is 0 Å². The zero-order valence-corrected chi connectivity index (χ0v) is 16.0. The van der Waals surface area contributed by atoms with Gasteiger partial charge in [-0.1, -0.05) is 35.1 Å². The van der Waals surface area contributed by atoms with E-state index in [1.807, 2.05) is 36.7 Å². The Bertz CT molecular complexity index is 1030. The smallest absolute Gasteiger partial charge is 0.252 e. The predicted molar refractivity (Wildman–Crippen MR) is 102 cm³/mol. The van der Waals surface area contributed by atoms with Crippen molar-refractivity contribution in [3.63, 3.8) is 0 Å². The topological polar surface area (TPSA) is 43.6 Å². The molecule has 25 heavy (non-hydrogen) atoms. The first-order chi connectivity index (χ1) is 11.9. The van der Waals surface area contributed by atoms with Gasteiger partial charge in [-0.3, -0.25) is 4.79 Å². The normalized spacial score (nSPS) is 12.0. The molecule has 0 aliphatic heterocycles. The van der Waals surface area contributed by atoms with Crippen molar-refractivity contribution in [3.8, 4) is 5.75 Å². The molecule has 5 heteroatoms. The molecule has 3 aromatic rings. The first kappa shape index (κ1) is 17.4. The van der Waals surface area contributed by atoms with Gasteiger partial charge in [-0.2, -0.15) is 4.99 Å². The van der Waals surface area contributed by atoms with Crippen molar-refractivity contribution in [2.24, 2.45) is 12.0 Å². The second-order valence-corrected chi connectivity index (χ2v) is 7.35. The third-order valence-electron chi connectivity index (χ3n) is 4.24. The quantitative estimate of drug-likeness (QED) is 0.717. The SMILES string of the molecule is COc1ccc(C)cc1CC(=O)N=c1sc2c(C)cc(C)cc2n1C. The summed E-state index contributed by atoms with van der Waals surface area (Å²) in [5.41, 5.74) is 5.50. The number of carbonyl (C=O) groups is 1. The van der Waals surface area contributed by atoms with Gasteiger partial charge >= 0.3 is 0 Å². The summed E-state index contributed by atoms with van der Waals surface area (Å²) in [5, 5.41) is 0. The van der Waals surface area contributed by atoms with E-state index in [2.05, 4.69) is 31.0 Å². The molecular formula is C20H22N2O2S. The Balaban J connectivity index is 2.00. The van der Waals surface area contributed by atoms with E-state index in [4.69, 9.17) is 4.74 Å². The van der Waals surface area contributed by atoms with Crippen molar-refractivity contribution in [1.29, 1.82) is 0 Å². The standard InChI is InChI=1S/C20H22N2O2S/c1-12-6-7-17(24-5)15(9-12)11-18(23)21-20-22(4)16-10-13(2)8-14(3)19(16)25-20/h6-10H,11H2,1-5H3. The maximum absolute atomic E-state index is 12.5. The number of hydrogen-bond acceptors (Lipinski definition) is 3. The lowest BCUT2D eigenvalue weighted by Gasteiger charge is -2.07. The molecule has 0 aliphatic carbocycles. The summed E-state index contributed by atoms with van der Waals surface area (Å²) in [6.45, 7) is 6.17. The zero-order valence-electron chi connectivity index (χ0n) is 15.2. The van der Waals surface area contributed by atoms with Crippen molar-refractivity contribution in [2.45, 2.75) is 27.2 Å². The number of nitrogens with zero attached hydrogens (tertiary/aromatic N) is 2. The molecule has 0 saturated carbocycles. The highest BCUT2D eigenvalue weighted by Gasteiger charge is 2.11. The maximum Gasteiger partial charge on any atom is 0.252 e. The van der Waals surface area contributed by atoms with Crippen LogP contribution in [0.25, 0.3) is 10.2 Å². The zero-order chi connectivity index (χ0) is 18.1. The summed E-state index contributed by atoms with van der Waals surface area (Å²) >= 11 is 1.56. The average Bonchev–Trinajstić information content (AvgIpc) is 2.85. The first-order valence-corrected chi connectivity index (χ1v) is 8.98. The van der Waals surface area contributed by atoms with E-state index in [1.165, 1.54) is 15.8 Å². The fraction of sp³-hybridized carbons (Fsp3) is 0.300. The molecule has 0 spiro atoms. The van der Waals surface area contributed by atoms with Gasteiger partial charge in [0.25, 0.3) is 5.91 Å². The third kappa shape index (κ3) is 3.51. The Morgan fingerprint density at radius 2 is 1.92 bits per heavy atom. The molecule has 0 aliphatic rings. The van der Waals surface area contributed by atoms with Gasteiger partial charge in [0.1, 0.15) is 5.75 Å². The van der Waals surface area contributed by atoms with Gasteiger partial charge in [-0.25, -0.2) is 0 Å². The van der Waals surface area contributed by atoms with E-state index in [0.717, 1.165) is 27.2 Å². The highest BCUT2D eigenvalue weighted by atomic mass is 32.1. The summed E-state index contributed by atoms with van der Waals surface area (Å²) in [5.74, 6) is 0.557. The molecule has 4 nitrogen and oxygen atoms in total. The molecule has 130 valence electrons. The van der Waals surface area contributed by atoms with Crippen molar-refractivity contribution >= 4 is 27.5 Å². The van der Waals surface area contributed by atoms with Crippen molar-refractivity contribution in [1.82, 2.24) is 4.57 Å². The number of carbonyl (C=O) groups excluding carboxylic acids is 1. The second kappa shape index (κ2) is 6.84. The predicted octanol–water partition coefficient (Wildman–Crippen LogP) is 3.84. The van der Waals surface area contributed by atoms with E-state index >= 15 is 0 Å². The van der Waals surface area contributed by atoms with Crippen LogP contribution in [0.1, 0.15) is 22.3 Å². The van der Waals surface area contributed by atoms with Crippen LogP contribution in [0.3, 0.4) is 0 Å². The monoisotopic (exact) mass is 354 g/mol. The fourth-order valence-electron chi connectivity index (χ4n) is 3.03. The molecule has 1 heterocycles. The van der Waals surface area contributed by atoms with Crippen LogP contribution in [0, 0.1) is 20.8 Å². The Morgan fingerprint density at radius 3 is 2.64 bits per heavy atom. The summed E-state index contributed by atoms with van der Waals surface area (Å²) < 4.78 is 8.52. The Labute approximate surface area is 151 Å². The lowest BCUT2D eigenvalue weighted by atomic mass is 10.1. The van der Waals surface area contributed by atoms with E-state index in [0.29, 0.717) is 0 Å². The van der Waals surface area contributed by atoms with Crippen molar-refractivity contribution in [3.05, 3.63) is 57.4 Å². The van der Waals surface area contributed by atoms with Gasteiger partial charge in [0.2, 0.25) is 0 Å². The lowest BCUT2D eigenvalue weighted by Crippen LogP contribution is -2.14. The molecule has 0 atom stereocenters. The number of aryl methyl sites for hydroxylation is 4. The van der Waals surface area contributed by atoms with Crippen molar-refractivity contribution in [2.75, 3.05) is 7.11 Å². The van der Waals surface area contributed by atoms with Gasteiger partial charge in [-0.15, -0.1) is 0 Å². The van der Waals surface area contributed by atoms with Gasteiger partial charge < -0.3 is 9.30 Å². The number of ether oxygens (including phenoxy) is 1. The van der Waals surface area contributed by atoms with Crippen LogP contribution in [0.4, 0.5) is 0 Å². The molecule has 0 radical (unpaired) electrons. The highest BCUT2D eigenvalue weighted by molar-refractivity contribution is 7.16. The summed E-state index contributed by atoms with van der Waals surface area (Å²) in [7, 11) is 3.57. The van der Waals surface area contributed by atoms with E-state index in [1.54, 1.807) is 18.4 Å². The molecule has 0 fully saturated rings. The molecule has 2 aromatic carbocycles.